The third-order valence-corrected chi connectivity index (χ3v) is 6.66. The van der Waals surface area contributed by atoms with Gasteiger partial charge in [-0.25, -0.2) is 8.42 Å². The molecule has 1 N–H and O–H groups in total. The first-order valence-electron chi connectivity index (χ1n) is 9.46. The van der Waals surface area contributed by atoms with E-state index in [-0.39, 0.29) is 17.2 Å². The molecule has 0 heterocycles. The van der Waals surface area contributed by atoms with Gasteiger partial charge in [-0.2, -0.15) is 4.72 Å². The van der Waals surface area contributed by atoms with Gasteiger partial charge in [-0.05, 0) is 41.8 Å². The molecule has 3 aromatic rings. The van der Waals surface area contributed by atoms with Gasteiger partial charge in [-0.3, -0.25) is 4.79 Å². The Hall–Kier alpha value is -2.48. The molecule has 0 unspecified atom stereocenters. The number of hydrogen-bond donors (Lipinski definition) is 1. The number of hydrogen-bond acceptors (Lipinski definition) is 3. The van der Waals surface area contributed by atoms with E-state index in [2.05, 4.69) is 20.7 Å². The molecule has 1 atom stereocenters. The van der Waals surface area contributed by atoms with E-state index in [0.717, 1.165) is 15.6 Å². The number of likely N-dealkylation sites (N-methyl/N-ethyl adjacent to an activating group) is 1. The van der Waals surface area contributed by atoms with Crippen LogP contribution in [-0.4, -0.2) is 32.3 Å². The molecule has 3 rings (SSSR count). The van der Waals surface area contributed by atoms with Crippen LogP contribution in [0.5, 0.6) is 0 Å². The zero-order chi connectivity index (χ0) is 21.6. The van der Waals surface area contributed by atoms with E-state index in [0.29, 0.717) is 6.54 Å². The number of rotatable bonds is 8. The summed E-state index contributed by atoms with van der Waals surface area (Å²) in [6.45, 7) is 0.394. The van der Waals surface area contributed by atoms with Gasteiger partial charge in [0.1, 0.15) is 6.04 Å². The molecule has 0 fully saturated rings. The summed E-state index contributed by atoms with van der Waals surface area (Å²) in [6.07, 6.45) is 0.258. The molecular weight excluding hydrogens is 464 g/mol. The molecule has 3 aromatic carbocycles. The van der Waals surface area contributed by atoms with E-state index in [1.165, 1.54) is 12.1 Å². The molecule has 0 spiro atoms. The van der Waals surface area contributed by atoms with Crippen LogP contribution in [0.2, 0.25) is 0 Å². The predicted octanol–water partition coefficient (Wildman–Crippen LogP) is 4.00. The van der Waals surface area contributed by atoms with Crippen LogP contribution < -0.4 is 4.72 Å². The molecule has 0 saturated carbocycles. The van der Waals surface area contributed by atoms with E-state index in [9.17, 15) is 13.2 Å². The minimum Gasteiger partial charge on any atom is -0.340 e. The highest BCUT2D eigenvalue weighted by molar-refractivity contribution is 9.10. The maximum absolute atomic E-state index is 13.2. The van der Waals surface area contributed by atoms with Crippen molar-refractivity contribution in [3.63, 3.8) is 0 Å². The summed E-state index contributed by atoms with van der Waals surface area (Å²) >= 11 is 3.31. The fourth-order valence-corrected chi connectivity index (χ4v) is 4.55. The predicted molar refractivity (Wildman–Crippen MR) is 121 cm³/mol. The van der Waals surface area contributed by atoms with Crippen molar-refractivity contribution in [1.29, 1.82) is 0 Å². The number of halogens is 1. The van der Waals surface area contributed by atoms with Crippen LogP contribution in [0.3, 0.4) is 0 Å². The third-order valence-electron chi connectivity index (χ3n) is 4.64. The first-order chi connectivity index (χ1) is 14.3. The average Bonchev–Trinajstić information content (AvgIpc) is 2.74. The number of carbonyl (C=O) groups is 1. The van der Waals surface area contributed by atoms with Gasteiger partial charge in [0, 0.05) is 18.1 Å². The quantitative estimate of drug-likeness (QED) is 0.523. The van der Waals surface area contributed by atoms with Crippen molar-refractivity contribution >= 4 is 31.9 Å². The summed E-state index contributed by atoms with van der Waals surface area (Å²) in [5.74, 6) is -0.289. The number of amides is 1. The minimum atomic E-state index is -3.87. The van der Waals surface area contributed by atoms with Crippen molar-refractivity contribution in [3.8, 4) is 0 Å². The van der Waals surface area contributed by atoms with Gasteiger partial charge >= 0.3 is 0 Å². The van der Waals surface area contributed by atoms with Gasteiger partial charge in [0.05, 0.1) is 4.90 Å². The van der Waals surface area contributed by atoms with Crippen LogP contribution in [-0.2, 0) is 27.8 Å². The van der Waals surface area contributed by atoms with Crippen molar-refractivity contribution in [1.82, 2.24) is 9.62 Å². The largest absolute Gasteiger partial charge is 0.340 e. The van der Waals surface area contributed by atoms with E-state index in [1.54, 1.807) is 24.1 Å². The fourth-order valence-electron chi connectivity index (χ4n) is 3.10. The van der Waals surface area contributed by atoms with Gasteiger partial charge in [-0.1, -0.05) is 76.6 Å². The van der Waals surface area contributed by atoms with Gasteiger partial charge in [-0.15, -0.1) is 0 Å². The van der Waals surface area contributed by atoms with Gasteiger partial charge < -0.3 is 4.90 Å². The normalized spacial score (nSPS) is 12.3. The summed E-state index contributed by atoms with van der Waals surface area (Å²) in [5.41, 5.74) is 1.85. The van der Waals surface area contributed by atoms with Gasteiger partial charge in [0.2, 0.25) is 15.9 Å². The van der Waals surface area contributed by atoms with Crippen molar-refractivity contribution in [3.05, 3.63) is 101 Å². The number of sulfonamides is 1. The van der Waals surface area contributed by atoms with E-state index < -0.39 is 16.1 Å². The zero-order valence-electron chi connectivity index (χ0n) is 16.5. The number of carbonyl (C=O) groups excluding carboxylic acids is 1. The molecule has 0 aromatic heterocycles. The lowest BCUT2D eigenvalue weighted by Crippen LogP contribution is -2.48. The van der Waals surface area contributed by atoms with Crippen molar-refractivity contribution in [2.75, 3.05) is 7.05 Å². The standard InChI is InChI=1S/C23H23BrN2O3S/c1-26(17-19-10-6-3-7-11-19)23(27)22(16-18-8-4-2-5-9-18)25-30(28,29)21-14-12-20(24)13-15-21/h2-15,22,25H,16-17H2,1H3/t22-/m1/s1. The number of benzene rings is 3. The van der Waals surface area contributed by atoms with Crippen LogP contribution in [0.4, 0.5) is 0 Å². The SMILES string of the molecule is CN(Cc1ccccc1)C(=O)[C@@H](Cc1ccccc1)NS(=O)(=O)c1ccc(Br)cc1. The van der Waals surface area contributed by atoms with Gasteiger partial charge in [0.15, 0.2) is 0 Å². The smallest absolute Gasteiger partial charge is 0.241 e. The Morgan fingerprint density at radius 2 is 1.43 bits per heavy atom. The Balaban J connectivity index is 1.84. The molecule has 0 radical (unpaired) electrons. The fraction of sp³-hybridized carbons (Fsp3) is 0.174. The Labute approximate surface area is 185 Å². The highest BCUT2D eigenvalue weighted by Gasteiger charge is 2.28. The average molecular weight is 487 g/mol. The lowest BCUT2D eigenvalue weighted by Gasteiger charge is -2.25. The van der Waals surface area contributed by atoms with Crippen molar-refractivity contribution in [2.24, 2.45) is 0 Å². The highest BCUT2D eigenvalue weighted by atomic mass is 79.9. The molecule has 0 aliphatic carbocycles. The summed E-state index contributed by atoms with van der Waals surface area (Å²) in [4.78, 5) is 14.9. The van der Waals surface area contributed by atoms with E-state index in [4.69, 9.17) is 0 Å². The van der Waals surface area contributed by atoms with Crippen LogP contribution in [0.25, 0.3) is 0 Å². The van der Waals surface area contributed by atoms with Gasteiger partial charge in [0.25, 0.3) is 0 Å². The monoisotopic (exact) mass is 486 g/mol. The Kier molecular flexibility index (Phi) is 7.42. The Morgan fingerprint density at radius 1 is 0.900 bits per heavy atom. The molecule has 0 aliphatic rings. The molecule has 5 nitrogen and oxygen atoms in total. The first kappa shape index (κ1) is 22.2. The summed E-state index contributed by atoms with van der Waals surface area (Å²) in [5, 5.41) is 0. The molecule has 156 valence electrons. The Morgan fingerprint density at radius 3 is 2.00 bits per heavy atom. The van der Waals surface area contributed by atoms with Crippen molar-refractivity contribution in [2.45, 2.75) is 23.9 Å². The van der Waals surface area contributed by atoms with Crippen LogP contribution in [0.1, 0.15) is 11.1 Å². The lowest BCUT2D eigenvalue weighted by molar-refractivity contribution is -0.132. The van der Waals surface area contributed by atoms with Crippen LogP contribution >= 0.6 is 15.9 Å². The topological polar surface area (TPSA) is 66.5 Å². The van der Waals surface area contributed by atoms with Crippen molar-refractivity contribution < 1.29 is 13.2 Å². The second-order valence-corrected chi connectivity index (χ2v) is 9.63. The summed E-state index contributed by atoms with van der Waals surface area (Å²) in [6, 6.07) is 24.4. The summed E-state index contributed by atoms with van der Waals surface area (Å²) in [7, 11) is -2.18. The molecule has 30 heavy (non-hydrogen) atoms. The molecule has 1 amide bonds. The van der Waals surface area contributed by atoms with E-state index >= 15 is 0 Å². The maximum atomic E-state index is 13.2. The van der Waals surface area contributed by atoms with E-state index in [1.807, 2.05) is 60.7 Å². The van der Waals surface area contributed by atoms with Crippen LogP contribution in [0.15, 0.2) is 94.3 Å². The zero-order valence-corrected chi connectivity index (χ0v) is 18.9. The molecular formula is C23H23BrN2O3S. The lowest BCUT2D eigenvalue weighted by atomic mass is 10.1. The third kappa shape index (κ3) is 6.01. The maximum Gasteiger partial charge on any atom is 0.241 e. The second kappa shape index (κ2) is 10.0. The molecule has 0 saturated heterocycles. The first-order valence-corrected chi connectivity index (χ1v) is 11.7. The minimum absolute atomic E-state index is 0.113. The second-order valence-electron chi connectivity index (χ2n) is 7.00. The number of nitrogens with zero attached hydrogens (tertiary/aromatic N) is 1. The number of nitrogens with one attached hydrogen (secondary N) is 1. The Bertz CT molecular complexity index is 1070. The highest BCUT2D eigenvalue weighted by Crippen LogP contribution is 2.16. The molecule has 0 aliphatic heterocycles. The summed E-state index contributed by atoms with van der Waals surface area (Å²) < 4.78 is 29.3. The van der Waals surface area contributed by atoms with Crippen LogP contribution in [0, 0.1) is 0 Å². The molecule has 0 bridgehead atoms. The molecule has 7 heteroatoms.